The number of aromatic nitrogens is 2. The van der Waals surface area contributed by atoms with Gasteiger partial charge in [-0.05, 0) is 24.5 Å². The molecule has 18 heavy (non-hydrogen) atoms. The lowest BCUT2D eigenvalue weighted by Crippen LogP contribution is -2.02. The van der Waals surface area contributed by atoms with Gasteiger partial charge in [0.1, 0.15) is 10.5 Å². The molecule has 0 radical (unpaired) electrons. The molecule has 0 fully saturated rings. The number of aryl methyl sites for hydroxylation is 1. The van der Waals surface area contributed by atoms with Crippen molar-refractivity contribution in [2.75, 3.05) is 0 Å². The number of rotatable bonds is 3. The fourth-order valence-corrected chi connectivity index (χ4v) is 2.06. The molecule has 0 aliphatic rings. The molecule has 0 spiro atoms. The van der Waals surface area contributed by atoms with Gasteiger partial charge in [-0.2, -0.15) is 0 Å². The first-order chi connectivity index (χ1) is 8.54. The zero-order chi connectivity index (χ0) is 13.1. The molecule has 1 heterocycles. The highest BCUT2D eigenvalue weighted by Crippen LogP contribution is 2.13. The topological polar surface area (TPSA) is 28.7 Å². The van der Waals surface area contributed by atoms with Gasteiger partial charge < -0.3 is 4.98 Å². The maximum atomic E-state index is 5.21. The molecule has 1 aromatic heterocycles. The molecule has 3 heteroatoms. The van der Waals surface area contributed by atoms with Crippen molar-refractivity contribution in [1.82, 2.24) is 9.97 Å². The van der Waals surface area contributed by atoms with Crippen LogP contribution in [0, 0.1) is 11.6 Å². The molecule has 94 valence electrons. The van der Waals surface area contributed by atoms with Gasteiger partial charge in [0.15, 0.2) is 0 Å². The maximum Gasteiger partial charge on any atom is 0.130 e. The molecular formula is C15H18N2S. The summed E-state index contributed by atoms with van der Waals surface area (Å²) in [5.41, 5.74) is 3.67. The SMILES string of the molecule is Cc1ccc(Cc2nc(=S)cc(C(C)C)[nH]2)cc1. The summed E-state index contributed by atoms with van der Waals surface area (Å²) in [7, 11) is 0. The normalized spacial score (nSPS) is 10.9. The van der Waals surface area contributed by atoms with E-state index in [1.807, 2.05) is 6.07 Å². The molecule has 2 rings (SSSR count). The molecule has 0 saturated carbocycles. The Morgan fingerprint density at radius 3 is 2.50 bits per heavy atom. The van der Waals surface area contributed by atoms with Gasteiger partial charge in [-0.1, -0.05) is 55.9 Å². The zero-order valence-corrected chi connectivity index (χ0v) is 11.8. The Balaban J connectivity index is 2.28. The fraction of sp³-hybridized carbons (Fsp3) is 0.333. The molecule has 2 aromatic rings. The smallest absolute Gasteiger partial charge is 0.130 e. The van der Waals surface area contributed by atoms with Crippen LogP contribution in [0.3, 0.4) is 0 Å². The van der Waals surface area contributed by atoms with Crippen LogP contribution in [0.2, 0.25) is 0 Å². The van der Waals surface area contributed by atoms with Crippen LogP contribution < -0.4 is 0 Å². The average molecular weight is 258 g/mol. The Morgan fingerprint density at radius 1 is 1.22 bits per heavy atom. The standard InChI is InChI=1S/C15H18N2S/c1-10(2)13-9-15(18)17-14(16-13)8-12-6-4-11(3)5-7-12/h4-7,9-10H,8H2,1-3H3,(H,16,17,18). The lowest BCUT2D eigenvalue weighted by Gasteiger charge is -2.08. The molecule has 0 aliphatic heterocycles. The summed E-state index contributed by atoms with van der Waals surface area (Å²) < 4.78 is 0.666. The maximum absolute atomic E-state index is 5.21. The van der Waals surface area contributed by atoms with Gasteiger partial charge >= 0.3 is 0 Å². The second-order valence-electron chi connectivity index (χ2n) is 4.94. The third-order valence-electron chi connectivity index (χ3n) is 2.93. The van der Waals surface area contributed by atoms with Crippen LogP contribution >= 0.6 is 12.2 Å². The summed E-state index contributed by atoms with van der Waals surface area (Å²) in [5.74, 6) is 1.38. The van der Waals surface area contributed by atoms with Crippen molar-refractivity contribution >= 4 is 12.2 Å². The quantitative estimate of drug-likeness (QED) is 0.837. The predicted molar refractivity (Wildman–Crippen MR) is 77.5 cm³/mol. The van der Waals surface area contributed by atoms with E-state index in [9.17, 15) is 0 Å². The second-order valence-corrected chi connectivity index (χ2v) is 5.36. The van der Waals surface area contributed by atoms with E-state index in [0.29, 0.717) is 10.6 Å². The van der Waals surface area contributed by atoms with Gasteiger partial charge in [0, 0.05) is 12.1 Å². The molecular weight excluding hydrogens is 240 g/mol. The lowest BCUT2D eigenvalue weighted by molar-refractivity contribution is 0.789. The monoisotopic (exact) mass is 258 g/mol. The first-order valence-electron chi connectivity index (χ1n) is 6.20. The lowest BCUT2D eigenvalue weighted by atomic mass is 10.1. The summed E-state index contributed by atoms with van der Waals surface area (Å²) in [6.45, 7) is 6.39. The Kier molecular flexibility index (Phi) is 3.92. The summed E-state index contributed by atoms with van der Waals surface area (Å²) in [6.07, 6.45) is 0.796. The number of nitrogens with one attached hydrogen (secondary N) is 1. The Bertz CT molecular complexity index is 582. The largest absolute Gasteiger partial charge is 0.347 e. The van der Waals surface area contributed by atoms with Crippen molar-refractivity contribution in [3.05, 3.63) is 57.6 Å². The van der Waals surface area contributed by atoms with Crippen LogP contribution in [-0.2, 0) is 6.42 Å². The summed E-state index contributed by atoms with van der Waals surface area (Å²) in [6, 6.07) is 10.5. The van der Waals surface area contributed by atoms with Gasteiger partial charge in [-0.15, -0.1) is 0 Å². The van der Waals surface area contributed by atoms with E-state index in [1.54, 1.807) is 0 Å². The number of hydrogen-bond donors (Lipinski definition) is 1. The van der Waals surface area contributed by atoms with E-state index >= 15 is 0 Å². The van der Waals surface area contributed by atoms with Crippen molar-refractivity contribution in [3.63, 3.8) is 0 Å². The van der Waals surface area contributed by atoms with Gasteiger partial charge in [0.2, 0.25) is 0 Å². The van der Waals surface area contributed by atoms with Crippen LogP contribution in [0.5, 0.6) is 0 Å². The van der Waals surface area contributed by atoms with E-state index in [2.05, 4.69) is 55.0 Å². The minimum Gasteiger partial charge on any atom is -0.347 e. The highest BCUT2D eigenvalue weighted by atomic mass is 32.1. The van der Waals surface area contributed by atoms with E-state index in [0.717, 1.165) is 17.9 Å². The summed E-state index contributed by atoms with van der Waals surface area (Å²) in [4.78, 5) is 7.76. The highest BCUT2D eigenvalue weighted by Gasteiger charge is 2.04. The van der Waals surface area contributed by atoms with Gasteiger partial charge in [0.05, 0.1) is 0 Å². The van der Waals surface area contributed by atoms with E-state index < -0.39 is 0 Å². The van der Waals surface area contributed by atoms with Crippen LogP contribution in [0.4, 0.5) is 0 Å². The number of H-pyrrole nitrogens is 1. The van der Waals surface area contributed by atoms with Crippen molar-refractivity contribution in [1.29, 1.82) is 0 Å². The van der Waals surface area contributed by atoms with Crippen molar-refractivity contribution in [2.24, 2.45) is 0 Å². The number of benzene rings is 1. The van der Waals surface area contributed by atoms with E-state index in [1.165, 1.54) is 11.1 Å². The molecule has 0 aliphatic carbocycles. The Labute approximate surface area is 113 Å². The number of aromatic amines is 1. The summed E-state index contributed by atoms with van der Waals surface area (Å²) >= 11 is 5.21. The molecule has 1 N–H and O–H groups in total. The Hall–Kier alpha value is -1.48. The van der Waals surface area contributed by atoms with E-state index in [-0.39, 0.29) is 0 Å². The van der Waals surface area contributed by atoms with Crippen LogP contribution in [0.25, 0.3) is 0 Å². The molecule has 0 amide bonds. The van der Waals surface area contributed by atoms with Crippen LogP contribution in [0.1, 0.15) is 42.4 Å². The molecule has 0 atom stereocenters. The average Bonchev–Trinajstić information content (AvgIpc) is 2.31. The first-order valence-corrected chi connectivity index (χ1v) is 6.61. The molecule has 2 nitrogen and oxygen atoms in total. The number of nitrogens with zero attached hydrogens (tertiary/aromatic N) is 1. The van der Waals surface area contributed by atoms with Crippen molar-refractivity contribution in [3.8, 4) is 0 Å². The minimum absolute atomic E-state index is 0.437. The second kappa shape index (κ2) is 5.44. The van der Waals surface area contributed by atoms with Gasteiger partial charge in [0.25, 0.3) is 0 Å². The van der Waals surface area contributed by atoms with Crippen molar-refractivity contribution < 1.29 is 0 Å². The molecule has 0 bridgehead atoms. The first kappa shape index (κ1) is 13.0. The highest BCUT2D eigenvalue weighted by molar-refractivity contribution is 7.71. The van der Waals surface area contributed by atoms with Gasteiger partial charge in [-0.25, -0.2) is 4.98 Å². The van der Waals surface area contributed by atoms with E-state index in [4.69, 9.17) is 12.2 Å². The van der Waals surface area contributed by atoms with Crippen molar-refractivity contribution in [2.45, 2.75) is 33.1 Å². The van der Waals surface area contributed by atoms with Crippen LogP contribution in [0.15, 0.2) is 30.3 Å². The van der Waals surface area contributed by atoms with Gasteiger partial charge in [-0.3, -0.25) is 0 Å². The van der Waals surface area contributed by atoms with Crippen LogP contribution in [-0.4, -0.2) is 9.97 Å². The molecule has 0 unspecified atom stereocenters. The third kappa shape index (κ3) is 3.26. The molecule has 1 aromatic carbocycles. The zero-order valence-electron chi connectivity index (χ0n) is 11.0. The minimum atomic E-state index is 0.437. The Morgan fingerprint density at radius 2 is 1.89 bits per heavy atom. The number of hydrogen-bond acceptors (Lipinski definition) is 2. The fourth-order valence-electron chi connectivity index (χ4n) is 1.82. The molecule has 0 saturated heterocycles. The third-order valence-corrected chi connectivity index (χ3v) is 3.14. The summed E-state index contributed by atoms with van der Waals surface area (Å²) in [5, 5.41) is 0. The predicted octanol–water partition coefficient (Wildman–Crippen LogP) is 4.16.